The molecule has 0 bridgehead atoms. The molecule has 0 saturated heterocycles. The second-order valence-corrected chi connectivity index (χ2v) is 5.55. The van der Waals surface area contributed by atoms with Gasteiger partial charge in [-0.15, -0.1) is 0 Å². The molecule has 0 aromatic carbocycles. The molecule has 2 aliphatic rings. The third-order valence-electron chi connectivity index (χ3n) is 3.74. The Hall–Kier alpha value is -1.36. The Morgan fingerprint density at radius 3 is 2.80 bits per heavy atom. The van der Waals surface area contributed by atoms with Gasteiger partial charge in [-0.25, -0.2) is 8.78 Å². The van der Waals surface area contributed by atoms with Crippen LogP contribution in [0.4, 0.5) is 8.78 Å². The van der Waals surface area contributed by atoms with Crippen LogP contribution in [0.3, 0.4) is 0 Å². The van der Waals surface area contributed by atoms with Crippen LogP contribution in [-0.2, 0) is 9.47 Å². The molecule has 0 radical (unpaired) electrons. The molecule has 0 aliphatic heterocycles. The normalized spacial score (nSPS) is 29.8. The van der Waals surface area contributed by atoms with Gasteiger partial charge in [0.25, 0.3) is 0 Å². The van der Waals surface area contributed by atoms with E-state index in [-0.39, 0.29) is 25.0 Å². The lowest BCUT2D eigenvalue weighted by Crippen LogP contribution is -2.35. The Morgan fingerprint density at radius 2 is 2.20 bits per heavy atom. The van der Waals surface area contributed by atoms with E-state index in [0.29, 0.717) is 18.1 Å². The number of rotatable bonds is 6. The molecule has 2 N–H and O–H groups in total. The highest BCUT2D eigenvalue weighted by atomic mass is 19.1. The van der Waals surface area contributed by atoms with Crippen molar-refractivity contribution in [2.45, 2.75) is 38.5 Å². The van der Waals surface area contributed by atoms with Crippen molar-refractivity contribution in [2.24, 2.45) is 11.7 Å². The van der Waals surface area contributed by atoms with E-state index < -0.39 is 12.0 Å². The van der Waals surface area contributed by atoms with Crippen molar-refractivity contribution in [3.05, 3.63) is 35.5 Å². The molecule has 2 rings (SSSR count). The van der Waals surface area contributed by atoms with E-state index in [1.54, 1.807) is 6.92 Å². The maximum absolute atomic E-state index is 13.6. The van der Waals surface area contributed by atoms with Crippen molar-refractivity contribution in [1.29, 1.82) is 0 Å². The molecule has 1 fully saturated rings. The van der Waals surface area contributed by atoms with Gasteiger partial charge in [0.15, 0.2) is 5.88 Å². The van der Waals surface area contributed by atoms with Crippen molar-refractivity contribution in [3.63, 3.8) is 0 Å². The van der Waals surface area contributed by atoms with Crippen molar-refractivity contribution >= 4 is 0 Å². The summed E-state index contributed by atoms with van der Waals surface area (Å²) in [6, 6.07) is 0. The quantitative estimate of drug-likeness (QED) is 0.762. The number of hydrogen-bond acceptors (Lipinski definition) is 3. The van der Waals surface area contributed by atoms with Gasteiger partial charge >= 0.3 is 0 Å². The second kappa shape index (κ2) is 6.39. The zero-order chi connectivity index (χ0) is 14.7. The van der Waals surface area contributed by atoms with Gasteiger partial charge in [-0.3, -0.25) is 0 Å². The van der Waals surface area contributed by atoms with Gasteiger partial charge in [0.1, 0.15) is 18.1 Å². The molecular weight excluding hydrogens is 264 g/mol. The number of allylic oxidation sites excluding steroid dienone is 2. The zero-order valence-electron chi connectivity index (χ0n) is 11.7. The fourth-order valence-electron chi connectivity index (χ4n) is 2.58. The molecule has 0 aromatic heterocycles. The monoisotopic (exact) mass is 285 g/mol. The van der Waals surface area contributed by atoms with Gasteiger partial charge in [-0.2, -0.15) is 0 Å². The highest BCUT2D eigenvalue weighted by molar-refractivity contribution is 5.35. The molecule has 0 spiro atoms. The average Bonchev–Trinajstić information content (AvgIpc) is 2.27. The molecule has 1 unspecified atom stereocenters. The summed E-state index contributed by atoms with van der Waals surface area (Å²) in [6.07, 6.45) is 1.93. The van der Waals surface area contributed by atoms with Gasteiger partial charge < -0.3 is 15.2 Å². The number of nitrogens with two attached hydrogens (primary N) is 1. The summed E-state index contributed by atoms with van der Waals surface area (Å²) < 4.78 is 37.5. The third kappa shape index (κ3) is 3.82. The van der Waals surface area contributed by atoms with Gasteiger partial charge in [0, 0.05) is 12.0 Å². The van der Waals surface area contributed by atoms with Crippen LogP contribution in [-0.4, -0.2) is 25.5 Å². The third-order valence-corrected chi connectivity index (χ3v) is 3.74. The minimum Gasteiger partial charge on any atom is -0.477 e. The molecule has 20 heavy (non-hydrogen) atoms. The first kappa shape index (κ1) is 15.0. The predicted octanol–water partition coefficient (Wildman–Crippen LogP) is 3.14. The van der Waals surface area contributed by atoms with Crippen LogP contribution < -0.4 is 5.73 Å². The van der Waals surface area contributed by atoms with Crippen LogP contribution >= 0.6 is 0 Å². The minimum absolute atomic E-state index is 0.126. The maximum Gasteiger partial charge on any atom is 0.176 e. The highest BCUT2D eigenvalue weighted by Crippen LogP contribution is 2.32. The fourth-order valence-corrected chi connectivity index (χ4v) is 2.58. The van der Waals surface area contributed by atoms with Crippen LogP contribution in [0.2, 0.25) is 0 Å². The van der Waals surface area contributed by atoms with Crippen molar-refractivity contribution in [1.82, 2.24) is 0 Å². The Kier molecular flexibility index (Phi) is 4.81. The van der Waals surface area contributed by atoms with E-state index in [0.717, 1.165) is 24.5 Å². The van der Waals surface area contributed by atoms with E-state index in [1.807, 2.05) is 0 Å². The van der Waals surface area contributed by atoms with Crippen molar-refractivity contribution in [2.75, 3.05) is 13.2 Å². The van der Waals surface area contributed by atoms with Crippen molar-refractivity contribution in [3.8, 4) is 0 Å². The lowest BCUT2D eigenvalue weighted by Gasteiger charge is -2.35. The molecule has 2 aliphatic carbocycles. The van der Waals surface area contributed by atoms with Gasteiger partial charge in [0.2, 0.25) is 0 Å². The Bertz CT molecular complexity index is 439. The lowest BCUT2D eigenvalue weighted by atomic mass is 9.83. The summed E-state index contributed by atoms with van der Waals surface area (Å²) in [6.45, 7) is 5.99. The molecule has 0 heterocycles. The van der Waals surface area contributed by atoms with Crippen LogP contribution in [0.5, 0.6) is 0 Å². The molecule has 0 amide bonds. The first-order chi connectivity index (χ1) is 9.45. The average molecular weight is 285 g/mol. The summed E-state index contributed by atoms with van der Waals surface area (Å²) in [4.78, 5) is 0. The summed E-state index contributed by atoms with van der Waals surface area (Å²) >= 11 is 0. The SMILES string of the molecule is C=C(N)OC1CC(COCC2=C(C)CC(F)C=C2F)C1. The van der Waals surface area contributed by atoms with Gasteiger partial charge in [-0.05, 0) is 38.3 Å². The van der Waals surface area contributed by atoms with Gasteiger partial charge in [0.05, 0.1) is 13.2 Å². The van der Waals surface area contributed by atoms with E-state index in [1.165, 1.54) is 0 Å². The standard InChI is InChI=1S/C15H21F2NO2/c1-9-3-12(16)6-15(17)14(9)8-19-7-11-4-13(5-11)20-10(2)18/h6,11-13H,2-5,7-8,18H2,1H3. The summed E-state index contributed by atoms with van der Waals surface area (Å²) in [5.41, 5.74) is 6.57. The van der Waals surface area contributed by atoms with E-state index in [4.69, 9.17) is 15.2 Å². The number of alkyl halides is 1. The highest BCUT2D eigenvalue weighted by Gasteiger charge is 2.31. The largest absolute Gasteiger partial charge is 0.477 e. The van der Waals surface area contributed by atoms with Crippen molar-refractivity contribution < 1.29 is 18.3 Å². The van der Waals surface area contributed by atoms with Gasteiger partial charge in [-0.1, -0.05) is 5.57 Å². The zero-order valence-corrected chi connectivity index (χ0v) is 11.7. The molecule has 5 heteroatoms. The predicted molar refractivity (Wildman–Crippen MR) is 73.1 cm³/mol. The summed E-state index contributed by atoms with van der Waals surface area (Å²) in [7, 11) is 0. The Balaban J connectivity index is 1.69. The van der Waals surface area contributed by atoms with Crippen LogP contribution in [0.25, 0.3) is 0 Å². The minimum atomic E-state index is -1.22. The molecule has 1 atom stereocenters. The van der Waals surface area contributed by atoms with E-state index in [9.17, 15) is 8.78 Å². The second-order valence-electron chi connectivity index (χ2n) is 5.55. The Labute approximate surface area is 118 Å². The maximum atomic E-state index is 13.6. The van der Waals surface area contributed by atoms with Crippen LogP contribution in [0.15, 0.2) is 35.5 Å². The first-order valence-corrected chi connectivity index (χ1v) is 6.85. The first-order valence-electron chi connectivity index (χ1n) is 6.85. The van der Waals surface area contributed by atoms with Crippen LogP contribution in [0, 0.1) is 5.92 Å². The molecule has 1 saturated carbocycles. The summed E-state index contributed by atoms with van der Waals surface area (Å²) in [5, 5.41) is 0. The fraction of sp³-hybridized carbons (Fsp3) is 0.600. The number of hydrogen-bond donors (Lipinski definition) is 1. The lowest BCUT2D eigenvalue weighted by molar-refractivity contribution is -0.0250. The summed E-state index contributed by atoms with van der Waals surface area (Å²) in [5.74, 6) is 0.158. The molecular formula is C15H21F2NO2. The van der Waals surface area contributed by atoms with E-state index >= 15 is 0 Å². The Morgan fingerprint density at radius 1 is 1.50 bits per heavy atom. The number of ether oxygens (including phenoxy) is 2. The molecule has 0 aromatic rings. The van der Waals surface area contributed by atoms with Crippen LogP contribution in [0.1, 0.15) is 26.2 Å². The molecule has 112 valence electrons. The topological polar surface area (TPSA) is 44.5 Å². The van der Waals surface area contributed by atoms with E-state index in [2.05, 4.69) is 6.58 Å². The number of halogens is 2. The smallest absolute Gasteiger partial charge is 0.176 e. The molecule has 3 nitrogen and oxygen atoms in total.